The zero-order valence-electron chi connectivity index (χ0n) is 19.6. The van der Waals surface area contributed by atoms with Gasteiger partial charge >= 0.3 is 12.2 Å². The van der Waals surface area contributed by atoms with Gasteiger partial charge in [0.1, 0.15) is 6.61 Å². The maximum Gasteiger partial charge on any atom is 0.416 e. The van der Waals surface area contributed by atoms with Gasteiger partial charge in [-0.3, -0.25) is 4.79 Å². The number of nitrogens with zero attached hydrogens (tertiary/aromatic N) is 3. The summed E-state index contributed by atoms with van der Waals surface area (Å²) in [5.74, 6) is -0.157. The van der Waals surface area contributed by atoms with Gasteiger partial charge in [-0.05, 0) is 67.6 Å². The average molecular weight is 531 g/mol. The summed E-state index contributed by atoms with van der Waals surface area (Å²) in [6.07, 6.45) is -4.51. The molecular weight excluding hydrogens is 509 g/mol. The highest BCUT2D eigenvalue weighted by Gasteiger charge is 2.31. The number of benzene rings is 3. The largest absolute Gasteiger partial charge is 0.460 e. The second kappa shape index (κ2) is 11.4. The zero-order chi connectivity index (χ0) is 26.4. The third kappa shape index (κ3) is 6.66. The van der Waals surface area contributed by atoms with E-state index in [1.165, 1.54) is 16.8 Å². The SMILES string of the molecule is CCOCCOc1nc(-c2cccc(C(F)(F)F)c2)n(-c2ccc(NC(=O)c3ccc(Cl)cc3)cc2)n1. The second-order valence-corrected chi connectivity index (χ2v) is 8.20. The van der Waals surface area contributed by atoms with Gasteiger partial charge in [-0.1, -0.05) is 23.7 Å². The standard InChI is InChI=1S/C26H22ClF3N4O3/c1-2-36-14-15-37-25-32-23(18-4-3-5-19(16-18)26(28,29)30)34(33-25)22-12-10-21(11-13-22)31-24(35)17-6-8-20(27)9-7-17/h3-13,16H,2,14-15H2,1H3,(H,31,35). The first-order valence-corrected chi connectivity index (χ1v) is 11.6. The summed E-state index contributed by atoms with van der Waals surface area (Å²) in [6, 6.07) is 17.9. The summed E-state index contributed by atoms with van der Waals surface area (Å²) in [6.45, 7) is 2.85. The Kier molecular flexibility index (Phi) is 8.10. The molecule has 4 rings (SSSR count). The Labute approximate surface area is 215 Å². The average Bonchev–Trinajstić information content (AvgIpc) is 3.31. The van der Waals surface area contributed by atoms with Crippen molar-refractivity contribution in [3.63, 3.8) is 0 Å². The van der Waals surface area contributed by atoms with Gasteiger partial charge in [0.25, 0.3) is 5.91 Å². The molecule has 0 radical (unpaired) electrons. The van der Waals surface area contributed by atoms with Crippen molar-refractivity contribution < 1.29 is 27.4 Å². The first-order valence-electron chi connectivity index (χ1n) is 11.3. The topological polar surface area (TPSA) is 78.3 Å². The molecule has 0 saturated carbocycles. The van der Waals surface area contributed by atoms with Crippen molar-refractivity contribution in [2.24, 2.45) is 0 Å². The van der Waals surface area contributed by atoms with Gasteiger partial charge in [0.2, 0.25) is 0 Å². The number of hydrogen-bond acceptors (Lipinski definition) is 5. The molecule has 37 heavy (non-hydrogen) atoms. The van der Waals surface area contributed by atoms with Gasteiger partial charge in [0.05, 0.1) is 17.9 Å². The zero-order valence-corrected chi connectivity index (χ0v) is 20.4. The maximum atomic E-state index is 13.3. The first kappa shape index (κ1) is 26.2. The monoisotopic (exact) mass is 530 g/mol. The fourth-order valence-electron chi connectivity index (χ4n) is 3.38. The summed E-state index contributed by atoms with van der Waals surface area (Å²) in [5, 5.41) is 7.64. The molecule has 0 spiro atoms. The Morgan fingerprint density at radius 1 is 1.03 bits per heavy atom. The summed E-state index contributed by atoms with van der Waals surface area (Å²) in [7, 11) is 0. The van der Waals surface area contributed by atoms with Gasteiger partial charge in [-0.15, -0.1) is 5.10 Å². The Morgan fingerprint density at radius 2 is 1.76 bits per heavy atom. The maximum absolute atomic E-state index is 13.3. The number of alkyl halides is 3. The molecular formula is C26H22ClF3N4O3. The van der Waals surface area contributed by atoms with Crippen LogP contribution in [-0.2, 0) is 10.9 Å². The highest BCUT2D eigenvalue weighted by atomic mass is 35.5. The number of hydrogen-bond donors (Lipinski definition) is 1. The van der Waals surface area contributed by atoms with Crippen molar-refractivity contribution >= 4 is 23.2 Å². The molecule has 0 saturated heterocycles. The van der Waals surface area contributed by atoms with Crippen molar-refractivity contribution in [3.05, 3.63) is 88.9 Å². The van der Waals surface area contributed by atoms with E-state index in [1.54, 1.807) is 48.5 Å². The molecule has 7 nitrogen and oxygen atoms in total. The third-order valence-electron chi connectivity index (χ3n) is 5.17. The Balaban J connectivity index is 1.62. The van der Waals surface area contributed by atoms with E-state index >= 15 is 0 Å². The lowest BCUT2D eigenvalue weighted by atomic mass is 10.1. The highest BCUT2D eigenvalue weighted by Crippen LogP contribution is 2.33. The van der Waals surface area contributed by atoms with Crippen molar-refractivity contribution in [1.29, 1.82) is 0 Å². The molecule has 192 valence electrons. The van der Waals surface area contributed by atoms with Crippen LogP contribution in [0.4, 0.5) is 18.9 Å². The van der Waals surface area contributed by atoms with Crippen LogP contribution in [0.3, 0.4) is 0 Å². The second-order valence-electron chi connectivity index (χ2n) is 7.76. The van der Waals surface area contributed by atoms with Crippen LogP contribution in [0.5, 0.6) is 6.01 Å². The predicted molar refractivity (Wildman–Crippen MR) is 133 cm³/mol. The third-order valence-corrected chi connectivity index (χ3v) is 5.43. The predicted octanol–water partition coefficient (Wildman–Crippen LogP) is 6.27. The number of amides is 1. The first-order chi connectivity index (χ1) is 17.7. The Bertz CT molecular complexity index is 1360. The molecule has 0 aliphatic carbocycles. The molecule has 1 amide bonds. The minimum Gasteiger partial charge on any atom is -0.460 e. The van der Waals surface area contributed by atoms with Crippen LogP contribution in [0, 0.1) is 0 Å². The minimum atomic E-state index is -4.51. The molecule has 1 aromatic heterocycles. The van der Waals surface area contributed by atoms with Crippen LogP contribution in [0.2, 0.25) is 5.02 Å². The lowest BCUT2D eigenvalue weighted by Crippen LogP contribution is -2.11. The van der Waals surface area contributed by atoms with E-state index in [9.17, 15) is 18.0 Å². The molecule has 3 aromatic carbocycles. The fraction of sp³-hybridized carbons (Fsp3) is 0.192. The lowest BCUT2D eigenvalue weighted by Gasteiger charge is -2.10. The molecule has 4 aromatic rings. The van der Waals surface area contributed by atoms with Crippen LogP contribution in [0.1, 0.15) is 22.8 Å². The van der Waals surface area contributed by atoms with Gasteiger partial charge in [-0.25, -0.2) is 4.68 Å². The molecule has 0 fully saturated rings. The van der Waals surface area contributed by atoms with E-state index in [1.807, 2.05) is 6.92 Å². The van der Waals surface area contributed by atoms with Crippen LogP contribution < -0.4 is 10.1 Å². The molecule has 0 atom stereocenters. The summed E-state index contributed by atoms with van der Waals surface area (Å²) < 4.78 is 52.1. The molecule has 11 heteroatoms. The molecule has 0 aliphatic rings. The number of carbonyl (C=O) groups is 1. The number of anilines is 1. The van der Waals surface area contributed by atoms with Crippen LogP contribution in [0.25, 0.3) is 17.1 Å². The number of carbonyl (C=O) groups excluding carboxylic acids is 1. The normalized spacial score (nSPS) is 11.4. The number of halogens is 4. The van der Waals surface area contributed by atoms with Gasteiger partial charge in [0.15, 0.2) is 5.82 Å². The van der Waals surface area contributed by atoms with E-state index in [0.29, 0.717) is 35.2 Å². The van der Waals surface area contributed by atoms with Crippen molar-refractivity contribution in [3.8, 4) is 23.1 Å². The van der Waals surface area contributed by atoms with Gasteiger partial charge in [-0.2, -0.15) is 18.2 Å². The van der Waals surface area contributed by atoms with Crippen LogP contribution in [-0.4, -0.2) is 40.5 Å². The van der Waals surface area contributed by atoms with E-state index < -0.39 is 11.7 Å². The molecule has 0 unspecified atom stereocenters. The van der Waals surface area contributed by atoms with Gasteiger partial charge < -0.3 is 14.8 Å². The Hall–Kier alpha value is -3.89. The van der Waals surface area contributed by atoms with Crippen LogP contribution >= 0.6 is 11.6 Å². The number of nitrogens with one attached hydrogen (secondary N) is 1. The van der Waals surface area contributed by atoms with E-state index in [-0.39, 0.29) is 29.9 Å². The van der Waals surface area contributed by atoms with Gasteiger partial charge in [0, 0.05) is 28.4 Å². The number of aromatic nitrogens is 3. The van der Waals surface area contributed by atoms with Crippen molar-refractivity contribution in [1.82, 2.24) is 14.8 Å². The summed E-state index contributed by atoms with van der Waals surface area (Å²) in [5.41, 5.74) is 0.854. The lowest BCUT2D eigenvalue weighted by molar-refractivity contribution is -0.137. The number of ether oxygens (including phenoxy) is 2. The summed E-state index contributed by atoms with van der Waals surface area (Å²) in [4.78, 5) is 16.8. The minimum absolute atomic E-state index is 0.00719. The fourth-order valence-corrected chi connectivity index (χ4v) is 3.51. The molecule has 0 aliphatic heterocycles. The van der Waals surface area contributed by atoms with E-state index in [4.69, 9.17) is 21.1 Å². The van der Waals surface area contributed by atoms with Crippen molar-refractivity contribution in [2.45, 2.75) is 13.1 Å². The smallest absolute Gasteiger partial charge is 0.416 e. The van der Waals surface area contributed by atoms with E-state index in [2.05, 4.69) is 15.4 Å². The molecule has 1 N–H and O–H groups in total. The Morgan fingerprint density at radius 3 is 2.43 bits per heavy atom. The molecule has 1 heterocycles. The highest BCUT2D eigenvalue weighted by molar-refractivity contribution is 6.30. The van der Waals surface area contributed by atoms with Crippen molar-refractivity contribution in [2.75, 3.05) is 25.1 Å². The molecule has 0 bridgehead atoms. The quantitative estimate of drug-likeness (QED) is 0.258. The van der Waals surface area contributed by atoms with E-state index in [0.717, 1.165) is 12.1 Å². The van der Waals surface area contributed by atoms with Crippen LogP contribution in [0.15, 0.2) is 72.8 Å². The summed E-state index contributed by atoms with van der Waals surface area (Å²) >= 11 is 5.87. The number of rotatable bonds is 9.